The van der Waals surface area contributed by atoms with Gasteiger partial charge < -0.3 is 14.8 Å². The largest absolute Gasteiger partial charge is 0.479 e. The van der Waals surface area contributed by atoms with Crippen LogP contribution in [0.25, 0.3) is 0 Å². The van der Waals surface area contributed by atoms with Crippen molar-refractivity contribution in [3.63, 3.8) is 0 Å². The quantitative estimate of drug-likeness (QED) is 0.925. The number of carbonyl (C=O) groups excluding carboxylic acids is 1. The smallest absolute Gasteiger partial charge is 0.433 e. The Balaban J connectivity index is 2.19. The first-order valence-electron chi connectivity index (χ1n) is 6.14. The standard InChI is InChI=1S/C13H11F3N4O3/c1-22-11-8(6-18-12(20-11)23-2)19-10(21)7-3-4-9(17-5-7)13(14,15)16/h3-6H,1-2H3,(H,19,21). The Morgan fingerprint density at radius 1 is 1.13 bits per heavy atom. The van der Waals surface area contributed by atoms with Crippen LogP contribution in [0.15, 0.2) is 24.5 Å². The second kappa shape index (κ2) is 6.46. The predicted molar refractivity (Wildman–Crippen MR) is 72.3 cm³/mol. The fraction of sp³-hybridized carbons (Fsp3) is 0.231. The summed E-state index contributed by atoms with van der Waals surface area (Å²) in [5, 5.41) is 2.42. The van der Waals surface area contributed by atoms with Gasteiger partial charge in [0.25, 0.3) is 5.91 Å². The lowest BCUT2D eigenvalue weighted by Crippen LogP contribution is -2.15. The van der Waals surface area contributed by atoms with E-state index in [0.717, 1.165) is 18.3 Å². The van der Waals surface area contributed by atoms with Gasteiger partial charge >= 0.3 is 12.2 Å². The van der Waals surface area contributed by atoms with E-state index >= 15 is 0 Å². The highest BCUT2D eigenvalue weighted by Gasteiger charge is 2.32. The summed E-state index contributed by atoms with van der Waals surface area (Å²) >= 11 is 0. The molecular weight excluding hydrogens is 317 g/mol. The molecule has 0 spiro atoms. The molecule has 0 unspecified atom stereocenters. The molecule has 2 heterocycles. The molecule has 2 aromatic heterocycles. The van der Waals surface area contributed by atoms with Crippen LogP contribution in [-0.4, -0.2) is 35.1 Å². The van der Waals surface area contributed by atoms with Crippen LogP contribution in [0.3, 0.4) is 0 Å². The first-order chi connectivity index (χ1) is 10.8. The molecule has 10 heteroatoms. The summed E-state index contributed by atoms with van der Waals surface area (Å²) in [6, 6.07) is 1.77. The summed E-state index contributed by atoms with van der Waals surface area (Å²) < 4.78 is 47.1. The average molecular weight is 328 g/mol. The predicted octanol–water partition coefficient (Wildman–Crippen LogP) is 2.16. The topological polar surface area (TPSA) is 86.2 Å². The van der Waals surface area contributed by atoms with Crippen LogP contribution in [0.2, 0.25) is 0 Å². The second-order valence-corrected chi connectivity index (χ2v) is 4.16. The number of nitrogens with one attached hydrogen (secondary N) is 1. The third-order valence-electron chi connectivity index (χ3n) is 2.67. The normalized spacial score (nSPS) is 11.0. The van der Waals surface area contributed by atoms with Crippen LogP contribution in [0.4, 0.5) is 18.9 Å². The number of aromatic nitrogens is 3. The van der Waals surface area contributed by atoms with Crippen LogP contribution in [0, 0.1) is 0 Å². The van der Waals surface area contributed by atoms with Crippen molar-refractivity contribution in [1.82, 2.24) is 15.0 Å². The fourth-order valence-corrected chi connectivity index (χ4v) is 1.58. The van der Waals surface area contributed by atoms with E-state index in [-0.39, 0.29) is 23.1 Å². The molecule has 0 saturated heterocycles. The van der Waals surface area contributed by atoms with Crippen molar-refractivity contribution < 1.29 is 27.4 Å². The molecule has 2 aromatic rings. The molecule has 122 valence electrons. The number of alkyl halides is 3. The van der Waals surface area contributed by atoms with Gasteiger partial charge in [0.15, 0.2) is 0 Å². The number of ether oxygens (including phenoxy) is 2. The van der Waals surface area contributed by atoms with Crippen molar-refractivity contribution in [1.29, 1.82) is 0 Å². The molecule has 7 nitrogen and oxygen atoms in total. The maximum Gasteiger partial charge on any atom is 0.433 e. The van der Waals surface area contributed by atoms with E-state index in [1.165, 1.54) is 20.4 Å². The number of hydrogen-bond donors (Lipinski definition) is 1. The summed E-state index contributed by atoms with van der Waals surface area (Å²) in [6.45, 7) is 0. The van der Waals surface area contributed by atoms with E-state index in [4.69, 9.17) is 9.47 Å². The molecule has 1 N–H and O–H groups in total. The van der Waals surface area contributed by atoms with E-state index in [2.05, 4.69) is 20.3 Å². The van der Waals surface area contributed by atoms with Gasteiger partial charge in [0.1, 0.15) is 11.4 Å². The Hall–Kier alpha value is -2.91. The Morgan fingerprint density at radius 2 is 1.87 bits per heavy atom. The Bertz CT molecular complexity index is 705. The van der Waals surface area contributed by atoms with Crippen molar-refractivity contribution in [3.8, 4) is 11.9 Å². The van der Waals surface area contributed by atoms with Gasteiger partial charge in [-0.25, -0.2) is 4.98 Å². The van der Waals surface area contributed by atoms with Crippen LogP contribution in [0.5, 0.6) is 11.9 Å². The summed E-state index contributed by atoms with van der Waals surface area (Å²) in [5.74, 6) is -0.636. The Kier molecular flexibility index (Phi) is 4.63. The maximum atomic E-state index is 12.4. The Labute approximate surface area is 128 Å². The zero-order chi connectivity index (χ0) is 17.0. The van der Waals surface area contributed by atoms with Crippen LogP contribution >= 0.6 is 0 Å². The van der Waals surface area contributed by atoms with Gasteiger partial charge in [-0.3, -0.25) is 9.78 Å². The number of hydrogen-bond acceptors (Lipinski definition) is 6. The molecule has 0 atom stereocenters. The number of anilines is 1. The number of amides is 1. The molecule has 0 aliphatic carbocycles. The zero-order valence-electron chi connectivity index (χ0n) is 12.0. The maximum absolute atomic E-state index is 12.4. The minimum absolute atomic E-state index is 0.0380. The third-order valence-corrected chi connectivity index (χ3v) is 2.67. The van der Waals surface area contributed by atoms with E-state index in [0.29, 0.717) is 0 Å². The molecule has 0 radical (unpaired) electrons. The molecular formula is C13H11F3N4O3. The van der Waals surface area contributed by atoms with Crippen LogP contribution < -0.4 is 14.8 Å². The lowest BCUT2D eigenvalue weighted by molar-refractivity contribution is -0.141. The van der Waals surface area contributed by atoms with Gasteiger partial charge in [0.05, 0.1) is 26.0 Å². The lowest BCUT2D eigenvalue weighted by Gasteiger charge is -2.10. The van der Waals surface area contributed by atoms with Crippen molar-refractivity contribution in [2.24, 2.45) is 0 Å². The number of carbonyl (C=O) groups is 1. The summed E-state index contributed by atoms with van der Waals surface area (Å²) in [6.07, 6.45) is -2.49. The second-order valence-electron chi connectivity index (χ2n) is 4.16. The SMILES string of the molecule is COc1ncc(NC(=O)c2ccc(C(F)(F)F)nc2)c(OC)n1. The number of rotatable bonds is 4. The van der Waals surface area contributed by atoms with Gasteiger partial charge in [-0.05, 0) is 12.1 Å². The van der Waals surface area contributed by atoms with E-state index in [1.807, 2.05) is 0 Å². The molecule has 0 aliphatic rings. The van der Waals surface area contributed by atoms with Gasteiger partial charge in [-0.2, -0.15) is 18.2 Å². The molecule has 0 saturated carbocycles. The van der Waals surface area contributed by atoms with E-state index < -0.39 is 17.8 Å². The van der Waals surface area contributed by atoms with Crippen LogP contribution in [-0.2, 0) is 6.18 Å². The molecule has 0 fully saturated rings. The number of nitrogens with zero attached hydrogens (tertiary/aromatic N) is 3. The average Bonchev–Trinajstić information content (AvgIpc) is 2.54. The molecule has 1 amide bonds. The molecule has 2 rings (SSSR count). The van der Waals surface area contributed by atoms with Crippen molar-refractivity contribution in [2.45, 2.75) is 6.18 Å². The highest BCUT2D eigenvalue weighted by atomic mass is 19.4. The first-order valence-corrected chi connectivity index (χ1v) is 6.14. The molecule has 0 bridgehead atoms. The van der Waals surface area contributed by atoms with E-state index in [9.17, 15) is 18.0 Å². The van der Waals surface area contributed by atoms with E-state index in [1.54, 1.807) is 0 Å². The van der Waals surface area contributed by atoms with Crippen molar-refractivity contribution >= 4 is 11.6 Å². The highest BCUT2D eigenvalue weighted by molar-refractivity contribution is 6.04. The first kappa shape index (κ1) is 16.5. The molecule has 23 heavy (non-hydrogen) atoms. The van der Waals surface area contributed by atoms with Crippen LogP contribution in [0.1, 0.15) is 16.1 Å². The minimum Gasteiger partial charge on any atom is -0.479 e. The Morgan fingerprint density at radius 3 is 2.39 bits per heavy atom. The van der Waals surface area contributed by atoms with Crippen molar-refractivity contribution in [3.05, 3.63) is 35.8 Å². The number of pyridine rings is 1. The zero-order valence-corrected chi connectivity index (χ0v) is 12.0. The van der Waals surface area contributed by atoms with Gasteiger partial charge in [-0.1, -0.05) is 0 Å². The summed E-state index contributed by atoms with van der Waals surface area (Å²) in [7, 11) is 2.69. The summed E-state index contributed by atoms with van der Waals surface area (Å²) in [4.78, 5) is 22.9. The molecule has 0 aliphatic heterocycles. The number of methoxy groups -OCH3 is 2. The minimum atomic E-state index is -4.57. The fourth-order valence-electron chi connectivity index (χ4n) is 1.58. The molecule has 0 aromatic carbocycles. The monoisotopic (exact) mass is 328 g/mol. The van der Waals surface area contributed by atoms with Gasteiger partial charge in [-0.15, -0.1) is 0 Å². The van der Waals surface area contributed by atoms with Gasteiger partial charge in [0.2, 0.25) is 5.88 Å². The van der Waals surface area contributed by atoms with Gasteiger partial charge in [0, 0.05) is 6.20 Å². The summed E-state index contributed by atoms with van der Waals surface area (Å²) in [5.41, 5.74) is -1.01. The lowest BCUT2D eigenvalue weighted by atomic mass is 10.2. The highest BCUT2D eigenvalue weighted by Crippen LogP contribution is 2.27. The van der Waals surface area contributed by atoms with Crippen molar-refractivity contribution in [2.75, 3.05) is 19.5 Å². The third kappa shape index (κ3) is 3.84. The number of halogens is 3.